The molecule has 2 heteroatoms. The molecule has 0 nitrogen and oxygen atoms in total. The van der Waals surface area contributed by atoms with Gasteiger partial charge in [0.05, 0.1) is 0 Å². The molecule has 17 heavy (non-hydrogen) atoms. The fraction of sp³-hybridized carbons (Fsp3) is 0.200. The van der Waals surface area contributed by atoms with E-state index in [-0.39, 0.29) is 17.0 Å². The van der Waals surface area contributed by atoms with E-state index in [1.54, 1.807) is 0 Å². The maximum atomic E-state index is 2.28. The summed E-state index contributed by atoms with van der Waals surface area (Å²) in [5.41, 5.74) is 4.06. The number of hydrogen-bond donors (Lipinski definition) is 0. The Morgan fingerprint density at radius 2 is 1.06 bits per heavy atom. The molecule has 0 heterocycles. The summed E-state index contributed by atoms with van der Waals surface area (Å²) in [6.45, 7) is 6.38. The van der Waals surface area contributed by atoms with Crippen molar-refractivity contribution >= 4 is 39.6 Å². The van der Waals surface area contributed by atoms with Gasteiger partial charge in [-0.25, -0.2) is 0 Å². The third-order valence-electron chi connectivity index (χ3n) is 2.10. The predicted molar refractivity (Wildman–Crippen MR) is 90.1 cm³/mol. The molecule has 92 valence electrons. The minimum absolute atomic E-state index is 0. The highest BCUT2D eigenvalue weighted by atomic mass is 127. The van der Waals surface area contributed by atoms with Gasteiger partial charge >= 0.3 is 0 Å². The summed E-state index contributed by atoms with van der Waals surface area (Å²) in [7, 11) is 0. The van der Waals surface area contributed by atoms with Crippen LogP contribution in [0.4, 0.5) is 0 Å². The molecule has 0 aliphatic heterocycles. The van der Waals surface area contributed by atoms with Gasteiger partial charge in [0.2, 0.25) is 0 Å². The average Bonchev–Trinajstić information content (AvgIpc) is 2.17. The lowest BCUT2D eigenvalue weighted by atomic mass is 10.1. The first-order valence-electron chi connectivity index (χ1n) is 5.33. The van der Waals surface area contributed by atoms with E-state index in [0.717, 1.165) is 0 Å². The first-order chi connectivity index (χ1) is 7.58. The van der Waals surface area contributed by atoms with E-state index in [0.29, 0.717) is 0 Å². The van der Waals surface area contributed by atoms with Gasteiger partial charge in [0.1, 0.15) is 0 Å². The molecule has 0 aromatic heterocycles. The Balaban J connectivity index is 0.000000292. The summed E-state index contributed by atoms with van der Waals surface area (Å²) in [5.74, 6) is 0. The van der Waals surface area contributed by atoms with Crippen molar-refractivity contribution in [2.75, 3.05) is 0 Å². The molecule has 2 aromatic carbocycles. The normalized spacial score (nSPS) is 8.71. The van der Waals surface area contributed by atoms with Gasteiger partial charge in [0.25, 0.3) is 0 Å². The van der Waals surface area contributed by atoms with Gasteiger partial charge in [0, 0.05) is 3.57 Å². The van der Waals surface area contributed by atoms with Crippen molar-refractivity contribution in [3.8, 4) is 0 Å². The molecule has 0 aliphatic carbocycles. The van der Waals surface area contributed by atoms with E-state index in [1.807, 2.05) is 18.2 Å². The largest absolute Gasteiger partial charge is 0.114 e. The molecule has 0 bridgehead atoms. The van der Waals surface area contributed by atoms with Crippen molar-refractivity contribution in [3.05, 3.63) is 68.8 Å². The van der Waals surface area contributed by atoms with Crippen molar-refractivity contribution in [2.24, 2.45) is 0 Å². The monoisotopic (exact) mass is 404 g/mol. The van der Waals surface area contributed by atoms with E-state index in [4.69, 9.17) is 0 Å². The maximum absolute atomic E-state index is 2.28. The lowest BCUT2D eigenvalue weighted by molar-refractivity contribution is 1.32. The van der Waals surface area contributed by atoms with Crippen LogP contribution < -0.4 is 0 Å². The van der Waals surface area contributed by atoms with Gasteiger partial charge in [-0.15, -0.1) is 17.0 Å². The van der Waals surface area contributed by atoms with Crippen molar-refractivity contribution in [1.82, 2.24) is 0 Å². The summed E-state index contributed by atoms with van der Waals surface area (Å²) < 4.78 is 1.29. The molecule has 0 spiro atoms. The zero-order valence-electron chi connectivity index (χ0n) is 10.4. The number of hydrogen-bond acceptors (Lipinski definition) is 0. The van der Waals surface area contributed by atoms with Gasteiger partial charge in [-0.05, 0) is 55.5 Å². The second kappa shape index (κ2) is 8.70. The third kappa shape index (κ3) is 7.55. The van der Waals surface area contributed by atoms with Gasteiger partial charge < -0.3 is 0 Å². The molecule has 2 rings (SSSR count). The highest BCUT2D eigenvalue weighted by Gasteiger charge is 1.87. The Morgan fingerprint density at radius 3 is 1.29 bits per heavy atom. The number of benzene rings is 2. The summed E-state index contributed by atoms with van der Waals surface area (Å²) in [6.07, 6.45) is 0. The first-order valence-corrected chi connectivity index (χ1v) is 6.41. The van der Waals surface area contributed by atoms with Crippen LogP contribution in [0.15, 0.2) is 48.5 Å². The minimum Gasteiger partial charge on any atom is -0.114 e. The Hall–Kier alpha value is -0.350. The second-order valence-electron chi connectivity index (χ2n) is 3.96. The lowest BCUT2D eigenvalue weighted by Crippen LogP contribution is -1.78. The van der Waals surface area contributed by atoms with Crippen LogP contribution in [-0.4, -0.2) is 0 Å². The van der Waals surface area contributed by atoms with Crippen LogP contribution in [0.5, 0.6) is 0 Å². The molecule has 0 aliphatic rings. The second-order valence-corrected chi connectivity index (χ2v) is 5.21. The summed E-state index contributed by atoms with van der Waals surface area (Å²) in [5, 5.41) is 0. The topological polar surface area (TPSA) is 0 Å². The Morgan fingerprint density at radius 1 is 0.706 bits per heavy atom. The van der Waals surface area contributed by atoms with Crippen LogP contribution in [0, 0.1) is 24.3 Å². The molecule has 0 amide bonds. The molecule has 0 N–H and O–H groups in total. The fourth-order valence-electron chi connectivity index (χ4n) is 1.62. The van der Waals surface area contributed by atoms with Crippen molar-refractivity contribution in [1.29, 1.82) is 0 Å². The molecule has 0 fully saturated rings. The summed E-state index contributed by atoms with van der Waals surface area (Å²) in [6, 6.07) is 16.8. The third-order valence-corrected chi connectivity index (χ3v) is 2.82. The van der Waals surface area contributed by atoms with Crippen LogP contribution in [0.1, 0.15) is 16.7 Å². The quantitative estimate of drug-likeness (QED) is 0.510. The van der Waals surface area contributed by atoms with E-state index >= 15 is 0 Å². The van der Waals surface area contributed by atoms with E-state index < -0.39 is 0 Å². The van der Waals surface area contributed by atoms with Crippen molar-refractivity contribution in [2.45, 2.75) is 20.8 Å². The Bertz CT molecular complexity index is 387. The van der Waals surface area contributed by atoms with Crippen LogP contribution in [0.25, 0.3) is 0 Å². The van der Waals surface area contributed by atoms with Gasteiger partial charge in [-0.2, -0.15) is 0 Å². The van der Waals surface area contributed by atoms with Gasteiger partial charge in [-0.3, -0.25) is 0 Å². The standard InChI is InChI=1S/C9H12.C6H5I.BrH/c1-7-4-8(2)6-9(3)5-7;7-6-4-2-1-3-5-6;/h4-6H,1-3H3;1-5H;1H. The highest BCUT2D eigenvalue weighted by Crippen LogP contribution is 2.06. The molecular formula is C15H18BrI. The fourth-order valence-corrected chi connectivity index (χ4v) is 2.03. The zero-order chi connectivity index (χ0) is 12.0. The van der Waals surface area contributed by atoms with E-state index in [1.165, 1.54) is 20.3 Å². The zero-order valence-corrected chi connectivity index (χ0v) is 14.3. The summed E-state index contributed by atoms with van der Waals surface area (Å²) in [4.78, 5) is 0. The number of halogens is 2. The Labute approximate surface area is 128 Å². The van der Waals surface area contributed by atoms with Gasteiger partial charge in [-0.1, -0.05) is 53.1 Å². The molecule has 0 unspecified atom stereocenters. The number of aryl methyl sites for hydroxylation is 3. The van der Waals surface area contributed by atoms with Crippen LogP contribution >= 0.6 is 39.6 Å². The van der Waals surface area contributed by atoms with E-state index in [2.05, 4.69) is 73.7 Å². The minimum atomic E-state index is 0. The van der Waals surface area contributed by atoms with E-state index in [9.17, 15) is 0 Å². The molecule has 2 aromatic rings. The van der Waals surface area contributed by atoms with Crippen LogP contribution in [0.2, 0.25) is 0 Å². The Kier molecular flexibility index (Phi) is 8.52. The summed E-state index contributed by atoms with van der Waals surface area (Å²) >= 11 is 2.28. The molecular weight excluding hydrogens is 387 g/mol. The highest BCUT2D eigenvalue weighted by molar-refractivity contribution is 14.1. The molecule has 0 radical (unpaired) electrons. The number of rotatable bonds is 0. The average molecular weight is 405 g/mol. The molecule has 0 atom stereocenters. The SMILES string of the molecule is Br.Cc1cc(C)cc(C)c1.Ic1ccccc1. The van der Waals surface area contributed by atoms with Crippen LogP contribution in [0.3, 0.4) is 0 Å². The van der Waals surface area contributed by atoms with Crippen molar-refractivity contribution in [3.63, 3.8) is 0 Å². The predicted octanol–water partition coefficient (Wildman–Crippen LogP) is 5.48. The molecule has 0 saturated heterocycles. The molecule has 0 saturated carbocycles. The maximum Gasteiger partial charge on any atom is 0.0130 e. The first kappa shape index (κ1) is 16.6. The lowest BCUT2D eigenvalue weighted by Gasteiger charge is -1.96. The van der Waals surface area contributed by atoms with Crippen LogP contribution in [-0.2, 0) is 0 Å². The van der Waals surface area contributed by atoms with Crippen molar-refractivity contribution < 1.29 is 0 Å². The smallest absolute Gasteiger partial charge is 0.0130 e. The van der Waals surface area contributed by atoms with Gasteiger partial charge in [0.15, 0.2) is 0 Å².